The highest BCUT2D eigenvalue weighted by molar-refractivity contribution is 6.22. The van der Waals surface area contributed by atoms with Crippen LogP contribution in [0.4, 0.5) is 0 Å². The van der Waals surface area contributed by atoms with Crippen molar-refractivity contribution in [3.8, 4) is 0 Å². The monoisotopic (exact) mass is 186 g/mol. The van der Waals surface area contributed by atoms with Gasteiger partial charge in [-0.15, -0.1) is 0 Å². The highest BCUT2D eigenvalue weighted by Gasteiger charge is 2.17. The van der Waals surface area contributed by atoms with E-state index in [1.54, 1.807) is 18.2 Å². The van der Waals surface area contributed by atoms with Crippen LogP contribution in [-0.4, -0.2) is 11.6 Å². The Morgan fingerprint density at radius 3 is 2.07 bits per heavy atom. The zero-order chi connectivity index (χ0) is 10.6. The normalized spacial score (nSPS) is 16.6. The maximum atomic E-state index is 11.4. The van der Waals surface area contributed by atoms with Crippen molar-refractivity contribution in [1.82, 2.24) is 0 Å². The summed E-state index contributed by atoms with van der Waals surface area (Å²) < 4.78 is 0. The maximum absolute atomic E-state index is 11.4. The molecule has 0 amide bonds. The third kappa shape index (κ3) is 1.85. The van der Waals surface area contributed by atoms with E-state index in [9.17, 15) is 9.59 Å². The molecule has 0 aromatic rings. The number of carbonyl (C=O) groups excluding carboxylic acids is 2. The lowest BCUT2D eigenvalue weighted by molar-refractivity contribution is -0.114. The molecule has 0 fully saturated rings. The van der Waals surface area contributed by atoms with Gasteiger partial charge in [0.05, 0.1) is 0 Å². The molecule has 1 aliphatic rings. The fourth-order valence-corrected chi connectivity index (χ4v) is 1.14. The van der Waals surface area contributed by atoms with E-state index in [0.29, 0.717) is 11.1 Å². The number of allylic oxidation sites excluding steroid dienone is 8. The van der Waals surface area contributed by atoms with Gasteiger partial charge in [0.1, 0.15) is 0 Å². The van der Waals surface area contributed by atoms with E-state index in [-0.39, 0.29) is 11.6 Å². The van der Waals surface area contributed by atoms with Crippen LogP contribution in [0.3, 0.4) is 0 Å². The quantitative estimate of drug-likeness (QED) is 0.498. The molecule has 0 spiro atoms. The Kier molecular flexibility index (Phi) is 3.13. The van der Waals surface area contributed by atoms with Crippen LogP contribution in [0.5, 0.6) is 0 Å². The van der Waals surface area contributed by atoms with Crippen molar-refractivity contribution in [2.24, 2.45) is 0 Å². The van der Waals surface area contributed by atoms with Gasteiger partial charge in [-0.1, -0.05) is 37.5 Å². The zero-order valence-corrected chi connectivity index (χ0v) is 7.69. The summed E-state index contributed by atoms with van der Waals surface area (Å²) in [6.07, 6.45) is 8.63. The molecule has 1 aliphatic carbocycles. The van der Waals surface area contributed by atoms with E-state index >= 15 is 0 Å². The molecular formula is C12H10O2. The number of hydrogen-bond acceptors (Lipinski definition) is 2. The van der Waals surface area contributed by atoms with Crippen LogP contribution in [0, 0.1) is 0 Å². The Balaban J connectivity index is 3.22. The predicted octanol–water partition coefficient (Wildman–Crippen LogP) is 1.92. The van der Waals surface area contributed by atoms with E-state index in [0.717, 1.165) is 0 Å². The molecule has 0 radical (unpaired) electrons. The lowest BCUT2D eigenvalue weighted by atomic mass is 9.94. The zero-order valence-electron chi connectivity index (χ0n) is 7.69. The Bertz CT molecular complexity index is 393. The van der Waals surface area contributed by atoms with Crippen molar-refractivity contribution in [1.29, 1.82) is 0 Å². The second-order valence-corrected chi connectivity index (χ2v) is 2.69. The van der Waals surface area contributed by atoms with Crippen LogP contribution in [0.1, 0.15) is 0 Å². The summed E-state index contributed by atoms with van der Waals surface area (Å²) >= 11 is 0. The van der Waals surface area contributed by atoms with Gasteiger partial charge < -0.3 is 0 Å². The molecule has 14 heavy (non-hydrogen) atoms. The molecule has 70 valence electrons. The molecule has 0 aliphatic heterocycles. The summed E-state index contributed by atoms with van der Waals surface area (Å²) in [5, 5.41) is 0. The van der Waals surface area contributed by atoms with Crippen LogP contribution < -0.4 is 0 Å². The van der Waals surface area contributed by atoms with Crippen molar-refractivity contribution in [3.05, 3.63) is 60.8 Å². The molecule has 0 atom stereocenters. The van der Waals surface area contributed by atoms with Gasteiger partial charge in [-0.2, -0.15) is 0 Å². The second-order valence-electron chi connectivity index (χ2n) is 2.69. The van der Waals surface area contributed by atoms with Crippen molar-refractivity contribution in [2.45, 2.75) is 0 Å². The van der Waals surface area contributed by atoms with Gasteiger partial charge in [-0.25, -0.2) is 0 Å². The molecule has 0 saturated carbocycles. The minimum Gasteiger partial charge on any atom is -0.289 e. The second kappa shape index (κ2) is 4.33. The Morgan fingerprint density at radius 1 is 1.00 bits per heavy atom. The van der Waals surface area contributed by atoms with E-state index in [1.165, 1.54) is 18.2 Å². The Hall–Kier alpha value is -1.96. The molecule has 2 nitrogen and oxygen atoms in total. The fraction of sp³-hybridized carbons (Fsp3) is 0. The summed E-state index contributed by atoms with van der Waals surface area (Å²) in [5.41, 5.74) is 0.711. The van der Waals surface area contributed by atoms with Crippen LogP contribution >= 0.6 is 0 Å². The first-order chi connectivity index (χ1) is 6.70. The third-order valence-electron chi connectivity index (χ3n) is 1.81. The molecule has 0 N–H and O–H groups in total. The molecule has 0 saturated heterocycles. The number of rotatable bonds is 3. The smallest absolute Gasteiger partial charge is 0.186 e. The lowest BCUT2D eigenvalue weighted by Crippen LogP contribution is -2.11. The number of ketones is 2. The lowest BCUT2D eigenvalue weighted by Gasteiger charge is -2.07. The topological polar surface area (TPSA) is 34.1 Å². The Morgan fingerprint density at radius 2 is 1.57 bits per heavy atom. The van der Waals surface area contributed by atoms with Gasteiger partial charge in [0.25, 0.3) is 0 Å². The fourth-order valence-electron chi connectivity index (χ4n) is 1.14. The molecule has 0 aromatic heterocycles. The van der Waals surface area contributed by atoms with E-state index in [1.807, 2.05) is 0 Å². The first-order valence-electron chi connectivity index (χ1n) is 4.13. The van der Waals surface area contributed by atoms with E-state index in [4.69, 9.17) is 0 Å². The molecule has 2 heteroatoms. The first-order valence-corrected chi connectivity index (χ1v) is 4.13. The van der Waals surface area contributed by atoms with Crippen LogP contribution in [-0.2, 0) is 9.59 Å². The van der Waals surface area contributed by atoms with Crippen LogP contribution in [0.15, 0.2) is 60.8 Å². The average molecular weight is 186 g/mol. The average Bonchev–Trinajstić information content (AvgIpc) is 2.19. The molecule has 0 aromatic carbocycles. The largest absolute Gasteiger partial charge is 0.289 e. The van der Waals surface area contributed by atoms with Gasteiger partial charge >= 0.3 is 0 Å². The predicted molar refractivity (Wildman–Crippen MR) is 55.7 cm³/mol. The number of carbonyl (C=O) groups is 2. The molecule has 0 heterocycles. The van der Waals surface area contributed by atoms with Gasteiger partial charge in [0.2, 0.25) is 0 Å². The minimum atomic E-state index is -0.191. The van der Waals surface area contributed by atoms with Crippen molar-refractivity contribution in [3.63, 3.8) is 0 Å². The van der Waals surface area contributed by atoms with Crippen molar-refractivity contribution >= 4 is 11.6 Å². The van der Waals surface area contributed by atoms with Gasteiger partial charge in [-0.05, 0) is 12.2 Å². The van der Waals surface area contributed by atoms with Gasteiger partial charge in [0, 0.05) is 11.1 Å². The molecular weight excluding hydrogens is 176 g/mol. The Labute approximate surface area is 82.6 Å². The molecule has 0 unspecified atom stereocenters. The highest BCUT2D eigenvalue weighted by Crippen LogP contribution is 2.16. The highest BCUT2D eigenvalue weighted by atomic mass is 16.1. The van der Waals surface area contributed by atoms with E-state index in [2.05, 4.69) is 13.2 Å². The van der Waals surface area contributed by atoms with Crippen molar-refractivity contribution in [2.75, 3.05) is 0 Å². The first kappa shape index (κ1) is 10.1. The SMILES string of the molecule is C=C/C=C\C1=C(C=C)C(=O)C=CC1=O. The van der Waals surface area contributed by atoms with Gasteiger partial charge in [0.15, 0.2) is 11.6 Å². The summed E-state index contributed by atoms with van der Waals surface area (Å²) in [6, 6.07) is 0. The molecule has 0 bridgehead atoms. The summed E-state index contributed by atoms with van der Waals surface area (Å²) in [7, 11) is 0. The van der Waals surface area contributed by atoms with E-state index < -0.39 is 0 Å². The van der Waals surface area contributed by atoms with Crippen LogP contribution in [0.25, 0.3) is 0 Å². The summed E-state index contributed by atoms with van der Waals surface area (Å²) in [4.78, 5) is 22.7. The number of hydrogen-bond donors (Lipinski definition) is 0. The minimum absolute atomic E-state index is 0.183. The third-order valence-corrected chi connectivity index (χ3v) is 1.81. The summed E-state index contributed by atoms with van der Waals surface area (Å²) in [6.45, 7) is 6.99. The van der Waals surface area contributed by atoms with Crippen LogP contribution in [0.2, 0.25) is 0 Å². The van der Waals surface area contributed by atoms with Gasteiger partial charge in [-0.3, -0.25) is 9.59 Å². The van der Waals surface area contributed by atoms with Crippen molar-refractivity contribution < 1.29 is 9.59 Å². The summed E-state index contributed by atoms with van der Waals surface area (Å²) in [5.74, 6) is -0.374. The molecule has 1 rings (SSSR count). The standard InChI is InChI=1S/C12H10O2/c1-3-5-6-10-9(4-2)11(13)7-8-12(10)14/h3-8H,1-2H2/b6-5-. The maximum Gasteiger partial charge on any atom is 0.186 e.